The van der Waals surface area contributed by atoms with Gasteiger partial charge in [-0.1, -0.05) is 32.8 Å². The van der Waals surface area contributed by atoms with Gasteiger partial charge in [0, 0.05) is 0 Å². The quantitative estimate of drug-likeness (QED) is 0.303. The van der Waals surface area contributed by atoms with Gasteiger partial charge < -0.3 is 18.9 Å². The SMILES string of the molecule is CCCCOC(=O)Nc1cccc(C(=O)OC)c1OC(=O)OCCCC. The fraction of sp³-hybridized carbons (Fsp3) is 0.500. The minimum Gasteiger partial charge on any atom is -0.465 e. The lowest BCUT2D eigenvalue weighted by Crippen LogP contribution is -2.19. The molecule has 0 aliphatic carbocycles. The van der Waals surface area contributed by atoms with E-state index >= 15 is 0 Å². The predicted molar refractivity (Wildman–Crippen MR) is 94.5 cm³/mol. The molecule has 26 heavy (non-hydrogen) atoms. The van der Waals surface area contributed by atoms with Crippen molar-refractivity contribution in [2.75, 3.05) is 25.6 Å². The highest BCUT2D eigenvalue weighted by molar-refractivity contribution is 5.98. The predicted octanol–water partition coefficient (Wildman–Crippen LogP) is 4.14. The maximum absolute atomic E-state index is 11.9. The molecule has 0 saturated heterocycles. The summed E-state index contributed by atoms with van der Waals surface area (Å²) in [7, 11) is 1.20. The number of unbranched alkanes of at least 4 members (excludes halogenated alkanes) is 2. The second-order valence-corrected chi connectivity index (χ2v) is 5.34. The zero-order chi connectivity index (χ0) is 19.4. The van der Waals surface area contributed by atoms with E-state index in [0.717, 1.165) is 19.3 Å². The lowest BCUT2D eigenvalue weighted by atomic mass is 10.1. The topological polar surface area (TPSA) is 100 Å². The molecule has 8 nitrogen and oxygen atoms in total. The van der Waals surface area contributed by atoms with Crippen LogP contribution in [0.1, 0.15) is 49.9 Å². The third-order valence-electron chi connectivity index (χ3n) is 3.29. The van der Waals surface area contributed by atoms with Gasteiger partial charge in [-0.25, -0.2) is 14.4 Å². The second kappa shape index (κ2) is 11.7. The normalized spacial score (nSPS) is 9.96. The molecule has 0 radical (unpaired) electrons. The van der Waals surface area contributed by atoms with Crippen molar-refractivity contribution in [3.05, 3.63) is 23.8 Å². The third kappa shape index (κ3) is 7.00. The van der Waals surface area contributed by atoms with Crippen LogP contribution in [0, 0.1) is 0 Å². The van der Waals surface area contributed by atoms with Crippen molar-refractivity contribution < 1.29 is 33.3 Å². The number of methoxy groups -OCH3 is 1. The van der Waals surface area contributed by atoms with Gasteiger partial charge in [0.1, 0.15) is 5.56 Å². The molecule has 0 heterocycles. The number of hydrogen-bond acceptors (Lipinski definition) is 7. The molecule has 0 bridgehead atoms. The first kappa shape index (κ1) is 21.3. The first-order chi connectivity index (χ1) is 12.5. The van der Waals surface area contributed by atoms with E-state index in [0.29, 0.717) is 6.42 Å². The van der Waals surface area contributed by atoms with Crippen LogP contribution in [0.3, 0.4) is 0 Å². The number of carbonyl (C=O) groups excluding carboxylic acids is 3. The number of ether oxygens (including phenoxy) is 4. The minimum atomic E-state index is -0.975. The van der Waals surface area contributed by atoms with Crippen LogP contribution in [0.2, 0.25) is 0 Å². The molecule has 8 heteroatoms. The zero-order valence-corrected chi connectivity index (χ0v) is 15.3. The molecule has 1 rings (SSSR count). The van der Waals surface area contributed by atoms with Crippen LogP contribution in [-0.2, 0) is 14.2 Å². The van der Waals surface area contributed by atoms with Crippen molar-refractivity contribution in [3.63, 3.8) is 0 Å². The zero-order valence-electron chi connectivity index (χ0n) is 15.3. The van der Waals surface area contributed by atoms with Gasteiger partial charge in [-0.3, -0.25) is 5.32 Å². The van der Waals surface area contributed by atoms with Gasteiger partial charge in [-0.05, 0) is 25.0 Å². The first-order valence-corrected chi connectivity index (χ1v) is 8.53. The Morgan fingerprint density at radius 1 is 1.00 bits per heavy atom. The summed E-state index contributed by atoms with van der Waals surface area (Å²) in [4.78, 5) is 35.7. The average molecular weight is 367 g/mol. The van der Waals surface area contributed by atoms with Crippen LogP contribution in [0.25, 0.3) is 0 Å². The summed E-state index contributed by atoms with van der Waals surface area (Å²) >= 11 is 0. The number of carbonyl (C=O) groups is 3. The van der Waals surface area contributed by atoms with Gasteiger partial charge in [-0.15, -0.1) is 0 Å². The first-order valence-electron chi connectivity index (χ1n) is 8.53. The molecule has 0 atom stereocenters. The number of amides is 1. The van der Waals surface area contributed by atoms with Crippen LogP contribution >= 0.6 is 0 Å². The van der Waals surface area contributed by atoms with E-state index in [1.165, 1.54) is 25.3 Å². The molecule has 0 unspecified atom stereocenters. The molecule has 0 fully saturated rings. The van der Waals surface area contributed by atoms with Crippen molar-refractivity contribution in [3.8, 4) is 5.75 Å². The molecule has 0 aliphatic rings. The molecule has 0 saturated carbocycles. The van der Waals surface area contributed by atoms with E-state index in [1.54, 1.807) is 0 Å². The third-order valence-corrected chi connectivity index (χ3v) is 3.29. The Labute approximate surface area is 152 Å². The molecule has 0 spiro atoms. The summed E-state index contributed by atoms with van der Waals surface area (Å²) in [5.41, 5.74) is 0.0770. The molecule has 1 aromatic carbocycles. The lowest BCUT2D eigenvalue weighted by molar-refractivity contribution is 0.0594. The van der Waals surface area contributed by atoms with Crippen LogP contribution in [0.5, 0.6) is 5.75 Å². The van der Waals surface area contributed by atoms with Crippen LogP contribution < -0.4 is 10.1 Å². The second-order valence-electron chi connectivity index (χ2n) is 5.34. The van der Waals surface area contributed by atoms with Gasteiger partial charge in [0.25, 0.3) is 0 Å². The number of rotatable bonds is 9. The Morgan fingerprint density at radius 2 is 1.65 bits per heavy atom. The Hall–Kier alpha value is -2.77. The highest BCUT2D eigenvalue weighted by atomic mass is 16.7. The van der Waals surface area contributed by atoms with Crippen molar-refractivity contribution >= 4 is 23.9 Å². The summed E-state index contributed by atoms with van der Waals surface area (Å²) in [6.45, 7) is 4.37. The number of hydrogen-bond donors (Lipinski definition) is 1. The number of benzene rings is 1. The summed E-state index contributed by atoms with van der Waals surface area (Å²) in [6.07, 6.45) is 1.44. The fourth-order valence-electron chi connectivity index (χ4n) is 1.88. The lowest BCUT2D eigenvalue weighted by Gasteiger charge is -2.14. The maximum atomic E-state index is 11.9. The van der Waals surface area contributed by atoms with Gasteiger partial charge in [0.2, 0.25) is 0 Å². The summed E-state index contributed by atoms with van der Waals surface area (Å²) < 4.78 is 19.8. The monoisotopic (exact) mass is 367 g/mol. The molecule has 1 N–H and O–H groups in total. The van der Waals surface area contributed by atoms with E-state index in [4.69, 9.17) is 14.2 Å². The Balaban J connectivity index is 2.95. The van der Waals surface area contributed by atoms with Crippen molar-refractivity contribution in [1.29, 1.82) is 0 Å². The Kier molecular flexibility index (Phi) is 9.59. The fourth-order valence-corrected chi connectivity index (χ4v) is 1.88. The van der Waals surface area contributed by atoms with Crippen LogP contribution in [0.4, 0.5) is 15.3 Å². The van der Waals surface area contributed by atoms with Gasteiger partial charge in [-0.2, -0.15) is 0 Å². The highest BCUT2D eigenvalue weighted by Crippen LogP contribution is 2.30. The van der Waals surface area contributed by atoms with E-state index < -0.39 is 18.2 Å². The number of esters is 1. The van der Waals surface area contributed by atoms with E-state index in [1.807, 2.05) is 13.8 Å². The molecular weight excluding hydrogens is 342 g/mol. The number of para-hydroxylation sites is 1. The largest absolute Gasteiger partial charge is 0.513 e. The number of nitrogens with one attached hydrogen (secondary N) is 1. The van der Waals surface area contributed by atoms with Crippen molar-refractivity contribution in [2.45, 2.75) is 39.5 Å². The van der Waals surface area contributed by atoms with Gasteiger partial charge >= 0.3 is 18.2 Å². The van der Waals surface area contributed by atoms with Crippen LogP contribution in [0.15, 0.2) is 18.2 Å². The van der Waals surface area contributed by atoms with Crippen LogP contribution in [-0.4, -0.2) is 38.5 Å². The molecule has 1 aromatic rings. The van der Waals surface area contributed by atoms with Crippen molar-refractivity contribution in [2.24, 2.45) is 0 Å². The van der Waals surface area contributed by atoms with Gasteiger partial charge in [0.05, 0.1) is 26.0 Å². The smallest absolute Gasteiger partial charge is 0.465 e. The average Bonchev–Trinajstić information content (AvgIpc) is 2.63. The molecule has 0 aromatic heterocycles. The van der Waals surface area contributed by atoms with E-state index in [9.17, 15) is 14.4 Å². The number of anilines is 1. The summed E-state index contributed by atoms with van der Waals surface area (Å²) in [6, 6.07) is 4.40. The molecule has 0 aliphatic heterocycles. The van der Waals surface area contributed by atoms with E-state index in [-0.39, 0.29) is 30.2 Å². The molecule has 1 amide bonds. The minimum absolute atomic E-state index is 0.0219. The van der Waals surface area contributed by atoms with E-state index in [2.05, 4.69) is 10.1 Å². The molecular formula is C18H25NO7. The van der Waals surface area contributed by atoms with Gasteiger partial charge in [0.15, 0.2) is 5.75 Å². The Bertz CT molecular complexity index is 616. The highest BCUT2D eigenvalue weighted by Gasteiger charge is 2.22. The molecule has 144 valence electrons. The summed E-state index contributed by atoms with van der Waals surface area (Å²) in [5, 5.41) is 2.46. The Morgan fingerprint density at radius 3 is 2.27 bits per heavy atom. The maximum Gasteiger partial charge on any atom is 0.513 e. The van der Waals surface area contributed by atoms with Crippen molar-refractivity contribution in [1.82, 2.24) is 0 Å². The standard InChI is InChI=1S/C18H25NO7/c1-4-6-11-24-17(21)19-14-10-8-9-13(16(20)23-3)15(14)26-18(22)25-12-7-5-2/h8-10H,4-7,11-12H2,1-3H3,(H,19,21). The summed E-state index contributed by atoms with van der Waals surface area (Å²) in [5.74, 6) is -0.877.